The molecule has 0 unspecified atom stereocenters. The predicted octanol–water partition coefficient (Wildman–Crippen LogP) is 5.23. The SMILES string of the molecule is CCc1c(C)sc2nc(-c3ccc(-c4ccccc4)cc3)c(CC(=O)O)n12. The van der Waals surface area contributed by atoms with Crippen LogP contribution in [-0.2, 0) is 17.6 Å². The van der Waals surface area contributed by atoms with Crippen LogP contribution in [-0.4, -0.2) is 20.5 Å². The first-order valence-electron chi connectivity index (χ1n) is 8.95. The Morgan fingerprint density at radius 1 is 1.00 bits per heavy atom. The van der Waals surface area contributed by atoms with Crippen LogP contribution in [0.5, 0.6) is 0 Å². The molecule has 2 aromatic heterocycles. The van der Waals surface area contributed by atoms with Gasteiger partial charge in [0.1, 0.15) is 0 Å². The molecular weight excluding hydrogens is 356 g/mol. The molecule has 0 saturated carbocycles. The summed E-state index contributed by atoms with van der Waals surface area (Å²) in [5, 5.41) is 9.44. The highest BCUT2D eigenvalue weighted by atomic mass is 32.1. The van der Waals surface area contributed by atoms with E-state index in [4.69, 9.17) is 4.98 Å². The van der Waals surface area contributed by atoms with Gasteiger partial charge in [-0.3, -0.25) is 9.20 Å². The molecule has 0 amide bonds. The van der Waals surface area contributed by atoms with E-state index >= 15 is 0 Å². The number of thiazole rings is 1. The van der Waals surface area contributed by atoms with Crippen molar-refractivity contribution in [2.45, 2.75) is 26.7 Å². The Morgan fingerprint density at radius 2 is 1.63 bits per heavy atom. The summed E-state index contributed by atoms with van der Waals surface area (Å²) in [5.41, 5.74) is 5.89. The Labute approximate surface area is 161 Å². The van der Waals surface area contributed by atoms with Crippen LogP contribution in [0.4, 0.5) is 0 Å². The van der Waals surface area contributed by atoms with Crippen LogP contribution in [0.2, 0.25) is 0 Å². The molecular formula is C22H20N2O2S. The topological polar surface area (TPSA) is 54.6 Å². The van der Waals surface area contributed by atoms with Crippen molar-refractivity contribution in [2.75, 3.05) is 0 Å². The van der Waals surface area contributed by atoms with Crippen molar-refractivity contribution in [3.8, 4) is 22.4 Å². The number of hydrogen-bond donors (Lipinski definition) is 1. The maximum absolute atomic E-state index is 11.5. The molecule has 1 N–H and O–H groups in total. The zero-order valence-corrected chi connectivity index (χ0v) is 16.1. The molecule has 0 saturated heterocycles. The molecule has 0 aliphatic carbocycles. The van der Waals surface area contributed by atoms with Crippen molar-refractivity contribution in [1.82, 2.24) is 9.38 Å². The van der Waals surface area contributed by atoms with Crippen LogP contribution in [0.15, 0.2) is 54.6 Å². The number of aryl methyl sites for hydroxylation is 2. The van der Waals surface area contributed by atoms with Crippen molar-refractivity contribution >= 4 is 22.3 Å². The van der Waals surface area contributed by atoms with Crippen molar-refractivity contribution in [3.05, 3.63) is 70.9 Å². The minimum absolute atomic E-state index is 0.0416. The Bertz CT molecular complexity index is 1110. The Hall–Kier alpha value is -2.92. The second-order valence-corrected chi connectivity index (χ2v) is 7.68. The van der Waals surface area contributed by atoms with E-state index in [0.29, 0.717) is 0 Å². The molecule has 4 aromatic rings. The van der Waals surface area contributed by atoms with E-state index in [0.717, 1.165) is 45.2 Å². The second kappa shape index (κ2) is 7.00. The molecule has 2 aromatic carbocycles. The third-order valence-corrected chi connectivity index (χ3v) is 5.78. The molecule has 4 rings (SSSR count). The number of carbonyl (C=O) groups is 1. The first-order valence-corrected chi connectivity index (χ1v) is 9.77. The largest absolute Gasteiger partial charge is 0.481 e. The van der Waals surface area contributed by atoms with Crippen LogP contribution in [0.25, 0.3) is 27.3 Å². The molecule has 2 heterocycles. The number of carboxylic acids is 1. The average Bonchev–Trinajstić information content (AvgIpc) is 3.17. The number of carboxylic acid groups (broad SMARTS) is 1. The third kappa shape index (κ3) is 3.15. The van der Waals surface area contributed by atoms with Crippen molar-refractivity contribution in [2.24, 2.45) is 0 Å². The Balaban J connectivity index is 1.83. The highest BCUT2D eigenvalue weighted by molar-refractivity contribution is 7.17. The summed E-state index contributed by atoms with van der Waals surface area (Å²) >= 11 is 1.62. The summed E-state index contributed by atoms with van der Waals surface area (Å²) in [6.07, 6.45) is 0.807. The second-order valence-electron chi connectivity index (χ2n) is 6.50. The van der Waals surface area contributed by atoms with Crippen molar-refractivity contribution < 1.29 is 9.90 Å². The molecule has 27 heavy (non-hydrogen) atoms. The number of hydrogen-bond acceptors (Lipinski definition) is 3. The average molecular weight is 376 g/mol. The van der Waals surface area contributed by atoms with Gasteiger partial charge in [0.2, 0.25) is 0 Å². The first kappa shape index (κ1) is 17.5. The van der Waals surface area contributed by atoms with E-state index in [9.17, 15) is 9.90 Å². The fraction of sp³-hybridized carbons (Fsp3) is 0.182. The number of nitrogens with zero attached hydrogens (tertiary/aromatic N) is 2. The quantitative estimate of drug-likeness (QED) is 0.519. The number of aromatic nitrogens is 2. The molecule has 5 heteroatoms. The van der Waals surface area contributed by atoms with Crippen LogP contribution in [0.3, 0.4) is 0 Å². The van der Waals surface area contributed by atoms with Gasteiger partial charge in [-0.1, -0.05) is 61.5 Å². The standard InChI is InChI=1S/C22H20N2O2S/c1-3-18-14(2)27-22-23-21(19(24(18)22)13-20(25)26)17-11-9-16(10-12-17)15-7-5-4-6-8-15/h4-12H,3,13H2,1-2H3,(H,25,26). The van der Waals surface area contributed by atoms with E-state index in [2.05, 4.69) is 38.1 Å². The van der Waals surface area contributed by atoms with E-state index in [-0.39, 0.29) is 6.42 Å². The monoisotopic (exact) mass is 376 g/mol. The summed E-state index contributed by atoms with van der Waals surface area (Å²) in [6, 6.07) is 18.4. The highest BCUT2D eigenvalue weighted by Crippen LogP contribution is 2.32. The Morgan fingerprint density at radius 3 is 2.26 bits per heavy atom. The fourth-order valence-corrected chi connectivity index (χ4v) is 4.60. The molecule has 0 fully saturated rings. The molecule has 136 valence electrons. The summed E-state index contributed by atoms with van der Waals surface area (Å²) in [4.78, 5) is 18.3. The third-order valence-electron chi connectivity index (χ3n) is 4.78. The number of fused-ring (bicyclic) bond motifs is 1. The fourth-order valence-electron chi connectivity index (χ4n) is 3.53. The van der Waals surface area contributed by atoms with Gasteiger partial charge < -0.3 is 5.11 Å². The zero-order valence-electron chi connectivity index (χ0n) is 15.3. The Kier molecular flexibility index (Phi) is 4.54. The van der Waals surface area contributed by atoms with Gasteiger partial charge in [0.25, 0.3) is 0 Å². The van der Waals surface area contributed by atoms with E-state index in [1.54, 1.807) is 11.3 Å². The molecule has 0 bridgehead atoms. The van der Waals surface area contributed by atoms with E-state index < -0.39 is 5.97 Å². The van der Waals surface area contributed by atoms with Crippen LogP contribution in [0.1, 0.15) is 23.2 Å². The van der Waals surface area contributed by atoms with Crippen molar-refractivity contribution in [3.63, 3.8) is 0 Å². The minimum atomic E-state index is -0.843. The molecule has 4 nitrogen and oxygen atoms in total. The summed E-state index contributed by atoms with van der Waals surface area (Å²) in [7, 11) is 0. The van der Waals surface area contributed by atoms with Gasteiger partial charge in [0.05, 0.1) is 17.8 Å². The summed E-state index contributed by atoms with van der Waals surface area (Å²) in [6.45, 7) is 4.16. The number of benzene rings is 2. The molecule has 0 radical (unpaired) electrons. The lowest BCUT2D eigenvalue weighted by atomic mass is 10.0. The van der Waals surface area contributed by atoms with Crippen molar-refractivity contribution in [1.29, 1.82) is 0 Å². The minimum Gasteiger partial charge on any atom is -0.481 e. The van der Waals surface area contributed by atoms with Gasteiger partial charge in [-0.15, -0.1) is 11.3 Å². The lowest BCUT2D eigenvalue weighted by molar-refractivity contribution is -0.136. The van der Waals surface area contributed by atoms with E-state index in [1.807, 2.05) is 34.7 Å². The van der Waals surface area contributed by atoms with Gasteiger partial charge in [0.15, 0.2) is 4.96 Å². The van der Waals surface area contributed by atoms with Crippen LogP contribution >= 0.6 is 11.3 Å². The first-order chi connectivity index (χ1) is 13.1. The van der Waals surface area contributed by atoms with Gasteiger partial charge in [-0.05, 0) is 24.5 Å². The van der Waals surface area contributed by atoms with Gasteiger partial charge in [-0.2, -0.15) is 0 Å². The number of imidazole rings is 1. The maximum atomic E-state index is 11.5. The number of rotatable bonds is 5. The predicted molar refractivity (Wildman–Crippen MR) is 109 cm³/mol. The zero-order chi connectivity index (χ0) is 19.0. The maximum Gasteiger partial charge on any atom is 0.309 e. The molecule has 0 aliphatic heterocycles. The van der Waals surface area contributed by atoms with Gasteiger partial charge in [0, 0.05) is 16.1 Å². The molecule has 0 aliphatic rings. The normalized spacial score (nSPS) is 11.2. The summed E-state index contributed by atoms with van der Waals surface area (Å²) in [5.74, 6) is -0.843. The lowest BCUT2D eigenvalue weighted by Crippen LogP contribution is -2.06. The molecule has 0 spiro atoms. The van der Waals surface area contributed by atoms with Gasteiger partial charge >= 0.3 is 5.97 Å². The number of aliphatic carboxylic acids is 1. The van der Waals surface area contributed by atoms with Crippen LogP contribution < -0.4 is 0 Å². The molecule has 0 atom stereocenters. The lowest BCUT2D eigenvalue weighted by Gasteiger charge is -2.07. The van der Waals surface area contributed by atoms with Crippen LogP contribution in [0, 0.1) is 6.92 Å². The van der Waals surface area contributed by atoms with E-state index in [1.165, 1.54) is 4.88 Å². The highest BCUT2D eigenvalue weighted by Gasteiger charge is 2.21. The summed E-state index contributed by atoms with van der Waals surface area (Å²) < 4.78 is 2.04. The smallest absolute Gasteiger partial charge is 0.309 e. The van der Waals surface area contributed by atoms with Gasteiger partial charge in [-0.25, -0.2) is 4.98 Å².